The lowest BCUT2D eigenvalue weighted by atomic mass is 10.2. The summed E-state index contributed by atoms with van der Waals surface area (Å²) in [6, 6.07) is 3.33. The molecule has 0 aliphatic carbocycles. The van der Waals surface area contributed by atoms with Gasteiger partial charge in [-0.3, -0.25) is 0 Å². The van der Waals surface area contributed by atoms with Gasteiger partial charge in [-0.25, -0.2) is 4.79 Å². The Balaban J connectivity index is 2.32. The first kappa shape index (κ1) is 14.5. The highest BCUT2D eigenvalue weighted by Gasteiger charge is 2.15. The van der Waals surface area contributed by atoms with Gasteiger partial charge in [-0.2, -0.15) is 4.98 Å². The molecule has 0 bridgehead atoms. The number of ether oxygens (including phenoxy) is 3. The molecule has 0 radical (unpaired) electrons. The number of carboxylic acid groups (broad SMARTS) is 1. The van der Waals surface area contributed by atoms with Crippen LogP contribution in [0.1, 0.15) is 10.5 Å². The standard InChI is InChI=1S/C13H14N2O6/c1-18-9-4-7(5-10(19-2)11(9)20-3)14-13-15-8(6-21-13)12(16)17/h4-6H,1-3H3,(H,14,15)(H,16,17). The molecule has 0 aliphatic heterocycles. The predicted molar refractivity (Wildman–Crippen MR) is 72.8 cm³/mol. The number of rotatable bonds is 6. The maximum atomic E-state index is 10.7. The van der Waals surface area contributed by atoms with Gasteiger partial charge in [-0.15, -0.1) is 0 Å². The van der Waals surface area contributed by atoms with Gasteiger partial charge in [0.05, 0.1) is 21.3 Å². The number of carbonyl (C=O) groups is 1. The van der Waals surface area contributed by atoms with E-state index in [4.69, 9.17) is 23.7 Å². The third-order valence-corrected chi connectivity index (χ3v) is 2.64. The van der Waals surface area contributed by atoms with Gasteiger partial charge in [0, 0.05) is 17.8 Å². The fraction of sp³-hybridized carbons (Fsp3) is 0.231. The van der Waals surface area contributed by atoms with Crippen LogP contribution in [-0.4, -0.2) is 37.4 Å². The number of aromatic nitrogens is 1. The summed E-state index contributed by atoms with van der Waals surface area (Å²) in [7, 11) is 4.49. The molecule has 112 valence electrons. The SMILES string of the molecule is COc1cc(Nc2nc(C(=O)O)co2)cc(OC)c1OC. The molecule has 0 saturated heterocycles. The molecule has 2 N–H and O–H groups in total. The number of nitrogens with one attached hydrogen (secondary N) is 1. The quantitative estimate of drug-likeness (QED) is 0.835. The first-order chi connectivity index (χ1) is 10.1. The first-order valence-electron chi connectivity index (χ1n) is 5.85. The zero-order chi connectivity index (χ0) is 15.4. The molecule has 0 atom stereocenters. The Kier molecular flexibility index (Phi) is 4.17. The van der Waals surface area contributed by atoms with E-state index in [2.05, 4.69) is 10.3 Å². The van der Waals surface area contributed by atoms with Gasteiger partial charge in [-0.05, 0) is 0 Å². The largest absolute Gasteiger partial charge is 0.493 e. The maximum Gasteiger partial charge on any atom is 0.357 e. The van der Waals surface area contributed by atoms with Crippen LogP contribution in [0.2, 0.25) is 0 Å². The van der Waals surface area contributed by atoms with Gasteiger partial charge in [0.1, 0.15) is 6.26 Å². The number of hydrogen-bond acceptors (Lipinski definition) is 7. The molecule has 2 rings (SSSR count). The molecule has 0 aliphatic rings. The van der Waals surface area contributed by atoms with Crippen molar-refractivity contribution in [3.63, 3.8) is 0 Å². The molecule has 1 heterocycles. The second kappa shape index (κ2) is 6.04. The summed E-state index contributed by atoms with van der Waals surface area (Å²) >= 11 is 0. The highest BCUT2D eigenvalue weighted by Crippen LogP contribution is 2.40. The van der Waals surface area contributed by atoms with Crippen molar-refractivity contribution in [3.8, 4) is 17.2 Å². The Bertz CT molecular complexity index is 627. The molecule has 0 unspecified atom stereocenters. The Labute approximate surface area is 120 Å². The number of hydrogen-bond donors (Lipinski definition) is 2. The predicted octanol–water partition coefficient (Wildman–Crippen LogP) is 2.14. The highest BCUT2D eigenvalue weighted by atomic mass is 16.5. The molecule has 1 aromatic carbocycles. The Morgan fingerprint density at radius 1 is 1.19 bits per heavy atom. The first-order valence-corrected chi connectivity index (χ1v) is 5.85. The fourth-order valence-corrected chi connectivity index (χ4v) is 1.71. The normalized spacial score (nSPS) is 10.0. The third-order valence-electron chi connectivity index (χ3n) is 2.64. The van der Waals surface area contributed by atoms with Gasteiger partial charge in [0.25, 0.3) is 6.01 Å². The van der Waals surface area contributed by atoms with Crippen molar-refractivity contribution in [2.75, 3.05) is 26.6 Å². The lowest BCUT2D eigenvalue weighted by Gasteiger charge is -2.13. The van der Waals surface area contributed by atoms with E-state index in [1.807, 2.05) is 0 Å². The zero-order valence-corrected chi connectivity index (χ0v) is 11.7. The second-order valence-corrected chi connectivity index (χ2v) is 3.88. The average molecular weight is 294 g/mol. The monoisotopic (exact) mass is 294 g/mol. The minimum absolute atomic E-state index is 0.0432. The average Bonchev–Trinajstić information content (AvgIpc) is 2.94. The summed E-state index contributed by atoms with van der Waals surface area (Å²) in [6.45, 7) is 0. The van der Waals surface area contributed by atoms with Crippen molar-refractivity contribution in [3.05, 3.63) is 24.1 Å². The van der Waals surface area contributed by atoms with E-state index in [0.29, 0.717) is 22.9 Å². The fourth-order valence-electron chi connectivity index (χ4n) is 1.71. The molecule has 8 nitrogen and oxygen atoms in total. The summed E-state index contributed by atoms with van der Waals surface area (Å²) in [6.07, 6.45) is 1.04. The summed E-state index contributed by atoms with van der Waals surface area (Å²) in [5.41, 5.74) is 0.355. The number of oxazole rings is 1. The van der Waals surface area contributed by atoms with Crippen LogP contribution in [0.5, 0.6) is 17.2 Å². The van der Waals surface area contributed by atoms with Crippen molar-refractivity contribution in [1.82, 2.24) is 4.98 Å². The van der Waals surface area contributed by atoms with E-state index in [1.165, 1.54) is 21.3 Å². The molecule has 0 amide bonds. The molecule has 0 fully saturated rings. The van der Waals surface area contributed by atoms with E-state index in [9.17, 15) is 4.79 Å². The molecule has 2 aromatic rings. The van der Waals surface area contributed by atoms with Gasteiger partial charge in [-0.1, -0.05) is 0 Å². The lowest BCUT2D eigenvalue weighted by Crippen LogP contribution is -1.99. The Hall–Kier alpha value is -2.90. The van der Waals surface area contributed by atoms with Crippen molar-refractivity contribution < 1.29 is 28.5 Å². The maximum absolute atomic E-state index is 10.7. The van der Waals surface area contributed by atoms with Crippen LogP contribution < -0.4 is 19.5 Å². The molecular weight excluding hydrogens is 280 g/mol. The van der Waals surface area contributed by atoms with Gasteiger partial charge in [0.15, 0.2) is 17.2 Å². The van der Waals surface area contributed by atoms with Crippen LogP contribution in [-0.2, 0) is 0 Å². The highest BCUT2D eigenvalue weighted by molar-refractivity contribution is 5.85. The molecule has 21 heavy (non-hydrogen) atoms. The minimum Gasteiger partial charge on any atom is -0.493 e. The molecule has 0 saturated carbocycles. The zero-order valence-electron chi connectivity index (χ0n) is 11.7. The number of carboxylic acids is 1. The van der Waals surface area contributed by atoms with E-state index in [1.54, 1.807) is 12.1 Å². The molecule has 8 heteroatoms. The summed E-state index contributed by atoms with van der Waals surface area (Å²) in [4.78, 5) is 14.5. The van der Waals surface area contributed by atoms with Gasteiger partial charge in [0.2, 0.25) is 5.75 Å². The molecule has 1 aromatic heterocycles. The smallest absolute Gasteiger partial charge is 0.357 e. The van der Waals surface area contributed by atoms with Crippen LogP contribution in [0, 0.1) is 0 Å². The molecular formula is C13H14N2O6. The number of aromatic carboxylic acids is 1. The lowest BCUT2D eigenvalue weighted by molar-refractivity contribution is 0.0690. The van der Waals surface area contributed by atoms with Crippen molar-refractivity contribution >= 4 is 17.7 Å². The van der Waals surface area contributed by atoms with Crippen LogP contribution in [0.15, 0.2) is 22.8 Å². The van der Waals surface area contributed by atoms with Gasteiger partial charge < -0.3 is 29.1 Å². The Morgan fingerprint density at radius 3 is 2.24 bits per heavy atom. The number of nitrogens with zero attached hydrogens (tertiary/aromatic N) is 1. The minimum atomic E-state index is -1.17. The number of anilines is 2. The van der Waals surface area contributed by atoms with Crippen LogP contribution in [0.4, 0.5) is 11.7 Å². The summed E-state index contributed by atoms with van der Waals surface area (Å²) < 4.78 is 20.6. The van der Waals surface area contributed by atoms with E-state index in [0.717, 1.165) is 6.26 Å². The van der Waals surface area contributed by atoms with Crippen LogP contribution >= 0.6 is 0 Å². The molecule has 0 spiro atoms. The van der Waals surface area contributed by atoms with Crippen molar-refractivity contribution in [2.24, 2.45) is 0 Å². The number of methoxy groups -OCH3 is 3. The van der Waals surface area contributed by atoms with Gasteiger partial charge >= 0.3 is 5.97 Å². The van der Waals surface area contributed by atoms with E-state index in [-0.39, 0.29) is 11.7 Å². The second-order valence-electron chi connectivity index (χ2n) is 3.88. The van der Waals surface area contributed by atoms with Crippen molar-refractivity contribution in [2.45, 2.75) is 0 Å². The third kappa shape index (κ3) is 2.99. The number of benzene rings is 1. The van der Waals surface area contributed by atoms with Crippen molar-refractivity contribution in [1.29, 1.82) is 0 Å². The van der Waals surface area contributed by atoms with E-state index >= 15 is 0 Å². The summed E-state index contributed by atoms with van der Waals surface area (Å²) in [5, 5.41) is 11.6. The van der Waals surface area contributed by atoms with Crippen LogP contribution in [0.25, 0.3) is 0 Å². The summed E-state index contributed by atoms with van der Waals surface area (Å²) in [5.74, 6) is 0.176. The topological polar surface area (TPSA) is 103 Å². The Morgan fingerprint density at radius 2 is 1.81 bits per heavy atom. The van der Waals surface area contributed by atoms with E-state index < -0.39 is 5.97 Å². The van der Waals surface area contributed by atoms with Crippen LogP contribution in [0.3, 0.4) is 0 Å².